The first kappa shape index (κ1) is 25.8. The average Bonchev–Trinajstić information content (AvgIpc) is 3.13. The van der Waals surface area contributed by atoms with Crippen LogP contribution in [0.4, 0.5) is 0 Å². The Balaban J connectivity index is 1.46. The van der Waals surface area contributed by atoms with Gasteiger partial charge in [-0.3, -0.25) is 0 Å². The molecule has 0 spiro atoms. The molecule has 3 aliphatic rings. The summed E-state index contributed by atoms with van der Waals surface area (Å²) in [6.07, 6.45) is 9.48. The topological polar surface area (TPSA) is 74.2 Å². The van der Waals surface area contributed by atoms with E-state index in [1.165, 1.54) is 5.56 Å². The number of aliphatic hydroxyl groups excluding tert-OH is 1. The predicted molar refractivity (Wildman–Crippen MR) is 129 cm³/mol. The summed E-state index contributed by atoms with van der Waals surface area (Å²) in [4.78, 5) is 11.4. The van der Waals surface area contributed by atoms with Gasteiger partial charge in [-0.1, -0.05) is 30.3 Å². The predicted octanol–water partition coefficient (Wildman–Crippen LogP) is 4.81. The number of carbonyl (C=O) groups excluding carboxylic acids is 1. The zero-order chi connectivity index (χ0) is 23.8. The molecule has 190 valence electrons. The first-order valence-corrected chi connectivity index (χ1v) is 13.3. The molecule has 2 aliphatic heterocycles. The third-order valence-electron chi connectivity index (χ3n) is 7.81. The monoisotopic (exact) mass is 474 g/mol. The molecule has 4 rings (SSSR count). The van der Waals surface area contributed by atoms with E-state index in [9.17, 15) is 9.90 Å². The van der Waals surface area contributed by atoms with E-state index in [-0.39, 0.29) is 30.5 Å². The standard InChI is InChI=1S/C28H42O6/c1-28(20-21-9-3-2-4-10-21,34-27-12-6-8-18-32-27)15-13-23-22(14-16-29)24(30)19-25(23)33-26-11-5-7-17-31-26/h2-4,9-10,16,22-27,30H,5-8,11-15,17-20H2,1H3/t22-,23-,24+,25-,26?,27?,28?/m1/s1. The maximum atomic E-state index is 11.4. The number of aldehydes is 1. The van der Waals surface area contributed by atoms with Gasteiger partial charge >= 0.3 is 0 Å². The summed E-state index contributed by atoms with van der Waals surface area (Å²) in [7, 11) is 0. The van der Waals surface area contributed by atoms with Gasteiger partial charge in [-0.15, -0.1) is 0 Å². The molecule has 0 aromatic heterocycles. The quantitative estimate of drug-likeness (QED) is 0.464. The molecule has 3 fully saturated rings. The first-order chi connectivity index (χ1) is 16.6. The molecule has 2 heterocycles. The fourth-order valence-corrected chi connectivity index (χ4v) is 5.97. The van der Waals surface area contributed by atoms with E-state index >= 15 is 0 Å². The summed E-state index contributed by atoms with van der Waals surface area (Å²) in [5, 5.41) is 10.8. The molecule has 1 aliphatic carbocycles. The molecule has 6 heteroatoms. The highest BCUT2D eigenvalue weighted by Crippen LogP contribution is 2.42. The van der Waals surface area contributed by atoms with Crippen LogP contribution in [0.1, 0.15) is 76.7 Å². The number of benzene rings is 1. The average molecular weight is 475 g/mol. The van der Waals surface area contributed by atoms with Crippen LogP contribution in [0.15, 0.2) is 30.3 Å². The largest absolute Gasteiger partial charge is 0.393 e. The highest BCUT2D eigenvalue weighted by molar-refractivity contribution is 5.50. The molecule has 2 saturated heterocycles. The Morgan fingerprint density at radius 1 is 1.03 bits per heavy atom. The molecule has 0 radical (unpaired) electrons. The van der Waals surface area contributed by atoms with Crippen molar-refractivity contribution in [1.29, 1.82) is 0 Å². The molecule has 1 saturated carbocycles. The summed E-state index contributed by atoms with van der Waals surface area (Å²) in [6, 6.07) is 10.4. The van der Waals surface area contributed by atoms with Crippen molar-refractivity contribution in [2.45, 2.75) is 108 Å². The van der Waals surface area contributed by atoms with Gasteiger partial charge in [-0.05, 0) is 75.7 Å². The van der Waals surface area contributed by atoms with Crippen molar-refractivity contribution in [1.82, 2.24) is 0 Å². The fourth-order valence-electron chi connectivity index (χ4n) is 5.97. The summed E-state index contributed by atoms with van der Waals surface area (Å²) in [5.74, 6) is 0.00898. The molecule has 0 amide bonds. The lowest BCUT2D eigenvalue weighted by Gasteiger charge is -2.38. The minimum Gasteiger partial charge on any atom is -0.393 e. The van der Waals surface area contributed by atoms with E-state index in [1.54, 1.807) is 0 Å². The van der Waals surface area contributed by atoms with Crippen molar-refractivity contribution in [3.05, 3.63) is 35.9 Å². The number of rotatable bonds is 11. The van der Waals surface area contributed by atoms with Crippen molar-refractivity contribution < 1.29 is 28.8 Å². The lowest BCUT2D eigenvalue weighted by Crippen LogP contribution is -2.40. The van der Waals surface area contributed by atoms with Gasteiger partial charge < -0.3 is 28.8 Å². The zero-order valence-electron chi connectivity index (χ0n) is 20.6. The maximum absolute atomic E-state index is 11.4. The number of carbonyl (C=O) groups is 1. The van der Waals surface area contributed by atoms with E-state index in [0.29, 0.717) is 12.8 Å². The van der Waals surface area contributed by atoms with Crippen LogP contribution in [-0.4, -0.2) is 55.0 Å². The van der Waals surface area contributed by atoms with E-state index in [1.807, 2.05) is 6.07 Å². The smallest absolute Gasteiger partial charge is 0.158 e. The second-order valence-corrected chi connectivity index (χ2v) is 10.6. The Bertz CT molecular complexity index is 730. The van der Waals surface area contributed by atoms with Gasteiger partial charge in [0.15, 0.2) is 12.6 Å². The second-order valence-electron chi connectivity index (χ2n) is 10.6. The molecular formula is C28H42O6. The molecular weight excluding hydrogens is 432 g/mol. The van der Waals surface area contributed by atoms with Crippen molar-refractivity contribution >= 4 is 6.29 Å². The molecule has 3 unspecified atom stereocenters. The Morgan fingerprint density at radius 3 is 2.38 bits per heavy atom. The molecule has 0 bridgehead atoms. The summed E-state index contributed by atoms with van der Waals surface area (Å²) in [5.41, 5.74) is 0.828. The van der Waals surface area contributed by atoms with Gasteiger partial charge in [-0.25, -0.2) is 0 Å². The lowest BCUT2D eigenvalue weighted by atomic mass is 9.82. The van der Waals surface area contributed by atoms with Crippen molar-refractivity contribution in [3.8, 4) is 0 Å². The normalized spacial score (nSPS) is 33.9. The SMILES string of the molecule is CC(CC[C@@H]1[C@@H](CC=O)[C@@H](O)C[C@H]1OC1CCCCO1)(Cc1ccccc1)OC1CCCCO1. The molecule has 1 aromatic carbocycles. The Morgan fingerprint density at radius 2 is 1.74 bits per heavy atom. The zero-order valence-corrected chi connectivity index (χ0v) is 20.6. The van der Waals surface area contributed by atoms with Crippen LogP contribution in [0.2, 0.25) is 0 Å². The maximum Gasteiger partial charge on any atom is 0.158 e. The van der Waals surface area contributed by atoms with Crippen LogP contribution in [0, 0.1) is 11.8 Å². The van der Waals surface area contributed by atoms with Crippen LogP contribution < -0.4 is 0 Å². The highest BCUT2D eigenvalue weighted by Gasteiger charge is 2.45. The van der Waals surface area contributed by atoms with Crippen LogP contribution in [0.3, 0.4) is 0 Å². The van der Waals surface area contributed by atoms with Crippen LogP contribution in [0.25, 0.3) is 0 Å². The lowest BCUT2D eigenvalue weighted by molar-refractivity contribution is -0.224. The molecule has 1 N–H and O–H groups in total. The summed E-state index contributed by atoms with van der Waals surface area (Å²) >= 11 is 0. The second kappa shape index (κ2) is 12.6. The van der Waals surface area contributed by atoms with Gasteiger partial charge in [0, 0.05) is 32.5 Å². The first-order valence-electron chi connectivity index (χ1n) is 13.3. The third kappa shape index (κ3) is 7.11. The van der Waals surface area contributed by atoms with Gasteiger partial charge in [0.1, 0.15) is 6.29 Å². The van der Waals surface area contributed by atoms with E-state index in [2.05, 4.69) is 31.2 Å². The van der Waals surface area contributed by atoms with E-state index in [0.717, 1.165) is 77.3 Å². The Hall–Kier alpha value is -1.31. The number of aliphatic hydroxyl groups is 1. The number of ether oxygens (including phenoxy) is 4. The fraction of sp³-hybridized carbons (Fsp3) is 0.750. The third-order valence-corrected chi connectivity index (χ3v) is 7.81. The molecule has 6 nitrogen and oxygen atoms in total. The van der Waals surface area contributed by atoms with Crippen LogP contribution >= 0.6 is 0 Å². The van der Waals surface area contributed by atoms with Crippen molar-refractivity contribution in [2.75, 3.05) is 13.2 Å². The van der Waals surface area contributed by atoms with Gasteiger partial charge in [0.25, 0.3) is 0 Å². The summed E-state index contributed by atoms with van der Waals surface area (Å²) in [6.45, 7) is 3.66. The van der Waals surface area contributed by atoms with Crippen molar-refractivity contribution in [2.24, 2.45) is 11.8 Å². The van der Waals surface area contributed by atoms with Gasteiger partial charge in [0.05, 0.1) is 17.8 Å². The Labute approximate surface area is 204 Å². The minimum atomic E-state index is -0.522. The van der Waals surface area contributed by atoms with Crippen LogP contribution in [0.5, 0.6) is 0 Å². The Kier molecular flexibility index (Phi) is 9.54. The van der Waals surface area contributed by atoms with Gasteiger partial charge in [0.2, 0.25) is 0 Å². The minimum absolute atomic E-state index is 0.0852. The molecule has 34 heavy (non-hydrogen) atoms. The molecule has 7 atom stereocenters. The van der Waals surface area contributed by atoms with Crippen LogP contribution in [-0.2, 0) is 30.2 Å². The number of hydrogen-bond acceptors (Lipinski definition) is 6. The molecule has 1 aromatic rings. The summed E-state index contributed by atoms with van der Waals surface area (Å²) < 4.78 is 24.8. The van der Waals surface area contributed by atoms with Gasteiger partial charge in [-0.2, -0.15) is 0 Å². The van der Waals surface area contributed by atoms with E-state index < -0.39 is 11.7 Å². The number of hydrogen-bond donors (Lipinski definition) is 1. The van der Waals surface area contributed by atoms with Crippen molar-refractivity contribution in [3.63, 3.8) is 0 Å². The van der Waals surface area contributed by atoms with E-state index in [4.69, 9.17) is 18.9 Å². The highest BCUT2D eigenvalue weighted by atomic mass is 16.7.